The number of carbonyl (C=O) groups excluding carboxylic acids is 1. The molecule has 19 heavy (non-hydrogen) atoms. The van der Waals surface area contributed by atoms with Gasteiger partial charge in [-0.3, -0.25) is 4.79 Å². The molecule has 2 rings (SSSR count). The maximum absolute atomic E-state index is 11.6. The van der Waals surface area contributed by atoms with Crippen LogP contribution in [0.3, 0.4) is 0 Å². The third kappa shape index (κ3) is 2.61. The van der Waals surface area contributed by atoms with E-state index in [-0.39, 0.29) is 13.2 Å². The summed E-state index contributed by atoms with van der Waals surface area (Å²) in [4.78, 5) is 11.6. The Morgan fingerprint density at radius 2 is 2.26 bits per heavy atom. The molecule has 2 atom stereocenters. The number of nitriles is 1. The van der Waals surface area contributed by atoms with Crippen LogP contribution >= 0.6 is 0 Å². The number of esters is 1. The van der Waals surface area contributed by atoms with E-state index >= 15 is 0 Å². The van der Waals surface area contributed by atoms with Gasteiger partial charge in [-0.15, -0.1) is 0 Å². The Morgan fingerprint density at radius 1 is 1.53 bits per heavy atom. The fourth-order valence-corrected chi connectivity index (χ4v) is 1.90. The van der Waals surface area contributed by atoms with E-state index in [0.29, 0.717) is 17.1 Å². The van der Waals surface area contributed by atoms with Crippen molar-refractivity contribution in [3.05, 3.63) is 23.8 Å². The van der Waals surface area contributed by atoms with E-state index in [2.05, 4.69) is 4.74 Å². The topological polar surface area (TPSA) is 88.8 Å². The first kappa shape index (κ1) is 13.2. The van der Waals surface area contributed by atoms with E-state index in [1.54, 1.807) is 18.2 Å². The van der Waals surface area contributed by atoms with Crippen molar-refractivity contribution < 1.29 is 24.1 Å². The SMILES string of the molecule is COC(=O)[C@H](CC#N)[C@@H](O)c1ccc2c(c1)OCO2. The van der Waals surface area contributed by atoms with Gasteiger partial charge in [-0.25, -0.2) is 0 Å². The molecular weight excluding hydrogens is 250 g/mol. The normalized spacial score (nSPS) is 15.4. The molecule has 0 aromatic heterocycles. The second-order valence-electron chi connectivity index (χ2n) is 4.05. The predicted molar refractivity (Wildman–Crippen MR) is 63.3 cm³/mol. The van der Waals surface area contributed by atoms with Crippen molar-refractivity contribution >= 4 is 5.97 Å². The molecule has 100 valence electrons. The number of ether oxygens (including phenoxy) is 3. The van der Waals surface area contributed by atoms with E-state index in [1.165, 1.54) is 7.11 Å². The average molecular weight is 263 g/mol. The molecule has 0 spiro atoms. The van der Waals surface area contributed by atoms with Crippen LogP contribution < -0.4 is 9.47 Å². The number of rotatable bonds is 4. The van der Waals surface area contributed by atoms with Gasteiger partial charge in [0.05, 0.1) is 31.6 Å². The number of aliphatic hydroxyl groups excluding tert-OH is 1. The molecule has 0 aliphatic carbocycles. The molecule has 6 nitrogen and oxygen atoms in total. The van der Waals surface area contributed by atoms with Crippen molar-refractivity contribution in [1.82, 2.24) is 0 Å². The Hall–Kier alpha value is -2.26. The van der Waals surface area contributed by atoms with Gasteiger partial charge in [0.1, 0.15) is 0 Å². The van der Waals surface area contributed by atoms with Crippen LogP contribution in [0.25, 0.3) is 0 Å². The number of carbonyl (C=O) groups is 1. The smallest absolute Gasteiger partial charge is 0.312 e. The standard InChI is InChI=1S/C13H13NO5/c1-17-13(16)9(4-5-14)12(15)8-2-3-10-11(6-8)19-7-18-10/h2-3,6,9,12,15H,4,7H2,1H3/t9-,12+/m1/s1. The molecular formula is C13H13NO5. The van der Waals surface area contributed by atoms with Crippen LogP contribution in [0.2, 0.25) is 0 Å². The third-order valence-electron chi connectivity index (χ3n) is 2.93. The van der Waals surface area contributed by atoms with Gasteiger partial charge < -0.3 is 19.3 Å². The zero-order valence-corrected chi connectivity index (χ0v) is 10.3. The Balaban J connectivity index is 2.24. The number of fused-ring (bicyclic) bond motifs is 1. The fraction of sp³-hybridized carbons (Fsp3) is 0.385. The molecule has 1 heterocycles. The fourth-order valence-electron chi connectivity index (χ4n) is 1.90. The summed E-state index contributed by atoms with van der Waals surface area (Å²) in [6.45, 7) is 0.132. The minimum Gasteiger partial charge on any atom is -0.469 e. The van der Waals surface area contributed by atoms with E-state index in [4.69, 9.17) is 14.7 Å². The molecule has 0 fully saturated rings. The summed E-state index contributed by atoms with van der Waals surface area (Å²) in [5, 5.41) is 18.9. The van der Waals surface area contributed by atoms with Gasteiger partial charge in [0.2, 0.25) is 6.79 Å². The van der Waals surface area contributed by atoms with Gasteiger partial charge in [0, 0.05) is 0 Å². The summed E-state index contributed by atoms with van der Waals surface area (Å²) in [5.74, 6) is -0.440. The zero-order chi connectivity index (χ0) is 13.8. The largest absolute Gasteiger partial charge is 0.469 e. The number of aliphatic hydroxyl groups is 1. The molecule has 0 saturated carbocycles. The molecule has 0 bridgehead atoms. The number of hydrogen-bond acceptors (Lipinski definition) is 6. The average Bonchev–Trinajstić information content (AvgIpc) is 2.90. The van der Waals surface area contributed by atoms with Gasteiger partial charge >= 0.3 is 5.97 Å². The van der Waals surface area contributed by atoms with E-state index in [9.17, 15) is 9.90 Å². The molecule has 1 N–H and O–H groups in total. The summed E-state index contributed by atoms with van der Waals surface area (Å²) in [6.07, 6.45) is -1.25. The Labute approximate surface area is 110 Å². The van der Waals surface area contributed by atoms with Crippen molar-refractivity contribution in [3.8, 4) is 17.6 Å². The number of benzene rings is 1. The zero-order valence-electron chi connectivity index (χ0n) is 10.3. The summed E-state index contributed by atoms with van der Waals surface area (Å²) in [7, 11) is 1.22. The van der Waals surface area contributed by atoms with E-state index in [1.807, 2.05) is 6.07 Å². The number of methoxy groups -OCH3 is 1. The van der Waals surface area contributed by atoms with Crippen molar-refractivity contribution in [2.24, 2.45) is 5.92 Å². The Morgan fingerprint density at radius 3 is 2.95 bits per heavy atom. The first-order chi connectivity index (χ1) is 9.17. The highest BCUT2D eigenvalue weighted by molar-refractivity contribution is 5.73. The highest BCUT2D eigenvalue weighted by atomic mass is 16.7. The molecule has 0 unspecified atom stereocenters. The summed E-state index contributed by atoms with van der Waals surface area (Å²) >= 11 is 0. The highest BCUT2D eigenvalue weighted by Gasteiger charge is 2.30. The van der Waals surface area contributed by atoms with Crippen LogP contribution in [0, 0.1) is 17.2 Å². The molecule has 0 saturated heterocycles. The van der Waals surface area contributed by atoms with Gasteiger partial charge in [-0.1, -0.05) is 6.07 Å². The lowest BCUT2D eigenvalue weighted by Crippen LogP contribution is -2.23. The maximum Gasteiger partial charge on any atom is 0.312 e. The van der Waals surface area contributed by atoms with Crippen molar-refractivity contribution in [2.75, 3.05) is 13.9 Å². The van der Waals surface area contributed by atoms with Crippen LogP contribution in [-0.4, -0.2) is 25.0 Å². The second kappa shape index (κ2) is 5.59. The van der Waals surface area contributed by atoms with Crippen LogP contribution in [-0.2, 0) is 9.53 Å². The van der Waals surface area contributed by atoms with Crippen LogP contribution in [0.4, 0.5) is 0 Å². The molecule has 1 aliphatic heterocycles. The van der Waals surface area contributed by atoms with Gasteiger partial charge in [0.15, 0.2) is 11.5 Å². The molecule has 1 aromatic carbocycles. The predicted octanol–water partition coefficient (Wildman–Crippen LogP) is 1.15. The first-order valence-electron chi connectivity index (χ1n) is 5.69. The molecule has 1 aliphatic rings. The van der Waals surface area contributed by atoms with Gasteiger partial charge in [-0.2, -0.15) is 5.26 Å². The van der Waals surface area contributed by atoms with Crippen molar-refractivity contribution in [3.63, 3.8) is 0 Å². The maximum atomic E-state index is 11.6. The minimum absolute atomic E-state index is 0.123. The van der Waals surface area contributed by atoms with Crippen LogP contribution in [0.5, 0.6) is 11.5 Å². The lowest BCUT2D eigenvalue weighted by atomic mass is 9.93. The van der Waals surface area contributed by atoms with Crippen LogP contribution in [0.15, 0.2) is 18.2 Å². The summed E-state index contributed by atoms with van der Waals surface area (Å²) in [6, 6.07) is 6.75. The van der Waals surface area contributed by atoms with Crippen LogP contribution in [0.1, 0.15) is 18.1 Å². The Kier molecular flexibility index (Phi) is 3.88. The number of hydrogen-bond donors (Lipinski definition) is 1. The van der Waals surface area contributed by atoms with Crippen molar-refractivity contribution in [2.45, 2.75) is 12.5 Å². The second-order valence-corrected chi connectivity index (χ2v) is 4.05. The lowest BCUT2D eigenvalue weighted by molar-refractivity contribution is -0.149. The van der Waals surface area contributed by atoms with E-state index in [0.717, 1.165) is 0 Å². The molecule has 0 amide bonds. The number of nitrogens with zero attached hydrogens (tertiary/aromatic N) is 1. The quantitative estimate of drug-likeness (QED) is 0.820. The molecule has 6 heteroatoms. The minimum atomic E-state index is -1.12. The lowest BCUT2D eigenvalue weighted by Gasteiger charge is -2.18. The molecule has 0 radical (unpaired) electrons. The van der Waals surface area contributed by atoms with Gasteiger partial charge in [-0.05, 0) is 17.7 Å². The Bertz CT molecular complexity index is 522. The summed E-state index contributed by atoms with van der Waals surface area (Å²) < 4.78 is 15.0. The monoisotopic (exact) mass is 263 g/mol. The third-order valence-corrected chi connectivity index (χ3v) is 2.93. The van der Waals surface area contributed by atoms with E-state index < -0.39 is 18.0 Å². The highest BCUT2D eigenvalue weighted by Crippen LogP contribution is 2.36. The first-order valence-corrected chi connectivity index (χ1v) is 5.69. The van der Waals surface area contributed by atoms with Crippen molar-refractivity contribution in [1.29, 1.82) is 5.26 Å². The van der Waals surface area contributed by atoms with Gasteiger partial charge in [0.25, 0.3) is 0 Å². The molecule has 1 aromatic rings. The summed E-state index contributed by atoms with van der Waals surface area (Å²) in [5.41, 5.74) is 0.481.